The maximum atomic E-state index is 12.6. The number of thioether (sulfide) groups is 1. The molecule has 1 aliphatic heterocycles. The molecule has 1 heterocycles. The smallest absolute Gasteiger partial charge is 0.271 e. The van der Waals surface area contributed by atoms with Crippen LogP contribution in [0.5, 0.6) is 11.5 Å². The second-order valence-electron chi connectivity index (χ2n) is 8.23. The molecule has 0 aromatic heterocycles. The summed E-state index contributed by atoms with van der Waals surface area (Å²) in [5.41, 5.74) is 5.86. The Labute approximate surface area is 221 Å². The molecule has 2 amide bonds. The Kier molecular flexibility index (Phi) is 8.99. The summed E-state index contributed by atoms with van der Waals surface area (Å²) in [6.07, 6.45) is 3.22. The number of carbonyl (C=O) groups excluding carboxylic acids is 2. The summed E-state index contributed by atoms with van der Waals surface area (Å²) >= 11 is 1.59. The Morgan fingerprint density at radius 1 is 1.11 bits per heavy atom. The molecule has 0 aliphatic carbocycles. The van der Waals surface area contributed by atoms with Crippen molar-refractivity contribution in [3.63, 3.8) is 0 Å². The third kappa shape index (κ3) is 6.80. The summed E-state index contributed by atoms with van der Waals surface area (Å²) < 4.78 is 11.2. The van der Waals surface area contributed by atoms with Crippen molar-refractivity contribution < 1.29 is 19.1 Å². The molecule has 1 N–H and O–H groups in total. The van der Waals surface area contributed by atoms with Gasteiger partial charge in [-0.1, -0.05) is 55.1 Å². The zero-order chi connectivity index (χ0) is 26.0. The molecule has 1 atom stereocenters. The normalized spacial score (nSPS) is 15.1. The molecule has 190 valence electrons. The highest BCUT2D eigenvalue weighted by Crippen LogP contribution is 2.39. The molecule has 0 saturated carbocycles. The maximum absolute atomic E-state index is 12.6. The van der Waals surface area contributed by atoms with Crippen molar-refractivity contribution in [1.82, 2.24) is 10.3 Å². The standard InChI is InChI=1S/C29H29N3O4S/c1-3-16-36-25-15-10-22(17-26(25)35-4-2)18-30-31-28(34)23-11-13-24(14-12-23)29-32(27(33)20-37-29)19-21-8-6-5-7-9-21/h3,5-15,17-18,29H,1,4,16,19-20H2,2H3,(H,31,34)/b30-18-/t29-/m0/s1. The van der Waals surface area contributed by atoms with Crippen LogP contribution in [0, 0.1) is 0 Å². The fraction of sp³-hybridized carbons (Fsp3) is 0.207. The number of ether oxygens (including phenoxy) is 2. The van der Waals surface area contributed by atoms with Crippen LogP contribution in [-0.2, 0) is 11.3 Å². The van der Waals surface area contributed by atoms with Gasteiger partial charge in [0.25, 0.3) is 5.91 Å². The number of rotatable bonds is 11. The van der Waals surface area contributed by atoms with Crippen LogP contribution in [0.1, 0.15) is 39.3 Å². The maximum Gasteiger partial charge on any atom is 0.271 e. The van der Waals surface area contributed by atoms with Gasteiger partial charge in [0.05, 0.1) is 18.6 Å². The molecule has 0 unspecified atom stereocenters. The monoisotopic (exact) mass is 515 g/mol. The summed E-state index contributed by atoms with van der Waals surface area (Å²) in [5.74, 6) is 1.45. The highest BCUT2D eigenvalue weighted by Gasteiger charge is 2.32. The van der Waals surface area contributed by atoms with Crippen LogP contribution in [0.3, 0.4) is 0 Å². The first-order valence-electron chi connectivity index (χ1n) is 12.0. The summed E-state index contributed by atoms with van der Waals surface area (Å²) in [4.78, 5) is 27.0. The van der Waals surface area contributed by atoms with Gasteiger partial charge in [-0.25, -0.2) is 5.43 Å². The van der Waals surface area contributed by atoms with Crippen molar-refractivity contribution in [3.05, 3.63) is 108 Å². The van der Waals surface area contributed by atoms with E-state index >= 15 is 0 Å². The number of amides is 2. The Morgan fingerprint density at radius 3 is 2.62 bits per heavy atom. The minimum Gasteiger partial charge on any atom is -0.490 e. The Morgan fingerprint density at radius 2 is 1.89 bits per heavy atom. The molecule has 3 aromatic rings. The quantitative estimate of drug-likeness (QED) is 0.216. The number of nitrogens with one attached hydrogen (secondary N) is 1. The molecule has 1 aliphatic rings. The zero-order valence-electron chi connectivity index (χ0n) is 20.6. The summed E-state index contributed by atoms with van der Waals surface area (Å²) in [6, 6.07) is 22.7. The van der Waals surface area contributed by atoms with Gasteiger partial charge in [-0.05, 0) is 53.9 Å². The highest BCUT2D eigenvalue weighted by molar-refractivity contribution is 8.00. The van der Waals surface area contributed by atoms with Crippen LogP contribution in [-0.4, -0.2) is 41.9 Å². The van der Waals surface area contributed by atoms with E-state index in [9.17, 15) is 9.59 Å². The number of nitrogens with zero attached hydrogens (tertiary/aromatic N) is 2. The minimum absolute atomic E-state index is 0.0826. The first-order valence-corrected chi connectivity index (χ1v) is 13.0. The molecular formula is C29H29N3O4S. The third-order valence-corrected chi connectivity index (χ3v) is 6.88. The lowest BCUT2D eigenvalue weighted by atomic mass is 10.1. The molecule has 7 nitrogen and oxygen atoms in total. The number of carbonyl (C=O) groups is 2. The molecule has 4 rings (SSSR count). The van der Waals surface area contributed by atoms with Gasteiger partial charge in [0.2, 0.25) is 5.91 Å². The highest BCUT2D eigenvalue weighted by atomic mass is 32.2. The second-order valence-corrected chi connectivity index (χ2v) is 9.30. The molecule has 8 heteroatoms. The Hall–Kier alpha value is -4.04. The van der Waals surface area contributed by atoms with E-state index < -0.39 is 0 Å². The van der Waals surface area contributed by atoms with E-state index in [1.54, 1.807) is 48.3 Å². The molecule has 3 aromatic carbocycles. The van der Waals surface area contributed by atoms with Crippen LogP contribution in [0.25, 0.3) is 0 Å². The van der Waals surface area contributed by atoms with Gasteiger partial charge < -0.3 is 14.4 Å². The van der Waals surface area contributed by atoms with Gasteiger partial charge in [0, 0.05) is 12.1 Å². The van der Waals surface area contributed by atoms with E-state index in [1.165, 1.54) is 0 Å². The van der Waals surface area contributed by atoms with Crippen molar-refractivity contribution in [3.8, 4) is 11.5 Å². The first kappa shape index (κ1) is 26.0. The lowest BCUT2D eigenvalue weighted by Crippen LogP contribution is -2.27. The van der Waals surface area contributed by atoms with E-state index in [0.717, 1.165) is 16.7 Å². The van der Waals surface area contributed by atoms with Crippen molar-refractivity contribution in [1.29, 1.82) is 0 Å². The number of hydrogen-bond acceptors (Lipinski definition) is 6. The van der Waals surface area contributed by atoms with Crippen LogP contribution < -0.4 is 14.9 Å². The van der Waals surface area contributed by atoms with Gasteiger partial charge in [0.15, 0.2) is 11.5 Å². The molecule has 1 saturated heterocycles. The summed E-state index contributed by atoms with van der Waals surface area (Å²) in [5, 5.41) is 4.00. The third-order valence-electron chi connectivity index (χ3n) is 5.63. The number of hydrogen-bond donors (Lipinski definition) is 1. The second kappa shape index (κ2) is 12.8. The van der Waals surface area contributed by atoms with E-state index in [4.69, 9.17) is 9.47 Å². The van der Waals surface area contributed by atoms with Crippen LogP contribution in [0.15, 0.2) is 90.6 Å². The largest absolute Gasteiger partial charge is 0.490 e. The van der Waals surface area contributed by atoms with Crippen LogP contribution >= 0.6 is 11.8 Å². The van der Waals surface area contributed by atoms with Gasteiger partial charge in [-0.15, -0.1) is 11.8 Å². The van der Waals surface area contributed by atoms with Gasteiger partial charge in [-0.2, -0.15) is 5.10 Å². The SMILES string of the molecule is C=CCOc1ccc(/C=N\NC(=O)c2ccc([C@@H]3SCC(=O)N3Cc3ccccc3)cc2)cc1OCC. The van der Waals surface area contributed by atoms with E-state index in [-0.39, 0.29) is 17.2 Å². The fourth-order valence-electron chi connectivity index (χ4n) is 3.85. The first-order chi connectivity index (χ1) is 18.1. The molecule has 0 bridgehead atoms. The molecule has 0 radical (unpaired) electrons. The van der Waals surface area contributed by atoms with Gasteiger partial charge >= 0.3 is 0 Å². The molecule has 0 spiro atoms. The summed E-state index contributed by atoms with van der Waals surface area (Å²) in [6.45, 7) is 6.98. The molecule has 1 fully saturated rings. The minimum atomic E-state index is -0.324. The van der Waals surface area contributed by atoms with Crippen molar-refractivity contribution in [2.45, 2.75) is 18.8 Å². The van der Waals surface area contributed by atoms with Crippen LogP contribution in [0.2, 0.25) is 0 Å². The van der Waals surface area contributed by atoms with Crippen molar-refractivity contribution >= 4 is 29.8 Å². The lowest BCUT2D eigenvalue weighted by molar-refractivity contribution is -0.128. The summed E-state index contributed by atoms with van der Waals surface area (Å²) in [7, 11) is 0. The van der Waals surface area contributed by atoms with Crippen molar-refractivity contribution in [2.24, 2.45) is 5.10 Å². The Bertz CT molecular complexity index is 1260. The molecule has 37 heavy (non-hydrogen) atoms. The topological polar surface area (TPSA) is 80.2 Å². The van der Waals surface area contributed by atoms with Gasteiger partial charge in [0.1, 0.15) is 12.0 Å². The van der Waals surface area contributed by atoms with E-state index in [1.807, 2.05) is 60.4 Å². The van der Waals surface area contributed by atoms with Gasteiger partial charge in [-0.3, -0.25) is 9.59 Å². The fourth-order valence-corrected chi connectivity index (χ4v) is 5.04. The lowest BCUT2D eigenvalue weighted by Gasteiger charge is -2.24. The number of benzene rings is 3. The zero-order valence-corrected chi connectivity index (χ0v) is 21.4. The average Bonchev–Trinajstić information content (AvgIpc) is 3.28. The van der Waals surface area contributed by atoms with E-state index in [2.05, 4.69) is 17.1 Å². The van der Waals surface area contributed by atoms with E-state index in [0.29, 0.717) is 42.6 Å². The average molecular weight is 516 g/mol. The predicted octanol–water partition coefficient (Wildman–Crippen LogP) is 5.19. The number of hydrazone groups is 1. The Balaban J connectivity index is 1.38. The molecular weight excluding hydrogens is 486 g/mol. The predicted molar refractivity (Wildman–Crippen MR) is 147 cm³/mol. The van der Waals surface area contributed by atoms with Crippen molar-refractivity contribution in [2.75, 3.05) is 19.0 Å². The van der Waals surface area contributed by atoms with Crippen LogP contribution in [0.4, 0.5) is 0 Å².